The monoisotopic (exact) mass is 296 g/mol. The van der Waals surface area contributed by atoms with E-state index in [1.807, 2.05) is 19.2 Å². The van der Waals surface area contributed by atoms with Gasteiger partial charge in [-0.2, -0.15) is 0 Å². The molecule has 0 unspecified atom stereocenters. The van der Waals surface area contributed by atoms with E-state index in [0.29, 0.717) is 5.56 Å². The Kier molecular flexibility index (Phi) is 3.73. The largest absolute Gasteiger partial charge is 0.397 e. The third kappa shape index (κ3) is 3.02. The number of pyridine rings is 1. The van der Waals surface area contributed by atoms with Gasteiger partial charge in [-0.05, 0) is 19.9 Å². The SMILES string of the molecule is CC(C)(NC(=O)c1cc(Cl)ncc1N)c1nccs1. The first-order valence-electron chi connectivity index (χ1n) is 5.53. The summed E-state index contributed by atoms with van der Waals surface area (Å²) in [6.45, 7) is 3.76. The van der Waals surface area contributed by atoms with E-state index in [2.05, 4.69) is 15.3 Å². The first-order chi connectivity index (χ1) is 8.90. The lowest BCUT2D eigenvalue weighted by molar-refractivity contribution is 0.0913. The van der Waals surface area contributed by atoms with Crippen LogP contribution in [-0.2, 0) is 5.54 Å². The summed E-state index contributed by atoms with van der Waals surface area (Å²) in [7, 11) is 0. The molecule has 2 heterocycles. The van der Waals surface area contributed by atoms with Gasteiger partial charge in [0.15, 0.2) is 0 Å². The highest BCUT2D eigenvalue weighted by molar-refractivity contribution is 7.09. The summed E-state index contributed by atoms with van der Waals surface area (Å²) in [6, 6.07) is 1.45. The molecule has 2 aromatic rings. The molecule has 0 saturated heterocycles. The fraction of sp³-hybridized carbons (Fsp3) is 0.250. The van der Waals surface area contributed by atoms with Crippen LogP contribution in [0, 0.1) is 0 Å². The van der Waals surface area contributed by atoms with Gasteiger partial charge in [-0.25, -0.2) is 9.97 Å². The van der Waals surface area contributed by atoms with Crippen molar-refractivity contribution in [3.05, 3.63) is 39.6 Å². The number of nitrogens with zero attached hydrogens (tertiary/aromatic N) is 2. The number of carbonyl (C=O) groups is 1. The third-order valence-corrected chi connectivity index (χ3v) is 3.84. The van der Waals surface area contributed by atoms with Crippen LogP contribution in [0.3, 0.4) is 0 Å². The number of hydrogen-bond donors (Lipinski definition) is 2. The predicted octanol–water partition coefficient (Wildman–Crippen LogP) is 2.44. The first kappa shape index (κ1) is 13.8. The highest BCUT2D eigenvalue weighted by atomic mass is 35.5. The number of amides is 1. The minimum atomic E-state index is -0.576. The zero-order valence-corrected chi connectivity index (χ0v) is 12.0. The number of nitrogen functional groups attached to an aromatic ring is 1. The van der Waals surface area contributed by atoms with Gasteiger partial charge in [0.05, 0.1) is 23.0 Å². The summed E-state index contributed by atoms with van der Waals surface area (Å²) in [6.07, 6.45) is 3.07. The van der Waals surface area contributed by atoms with Crippen LogP contribution in [0.1, 0.15) is 29.2 Å². The molecule has 100 valence electrons. The van der Waals surface area contributed by atoms with Gasteiger partial charge < -0.3 is 11.1 Å². The molecule has 3 N–H and O–H groups in total. The molecule has 0 aromatic carbocycles. The Morgan fingerprint density at radius 3 is 2.84 bits per heavy atom. The average molecular weight is 297 g/mol. The zero-order chi connectivity index (χ0) is 14.0. The summed E-state index contributed by atoms with van der Waals surface area (Å²) in [5.74, 6) is -0.304. The van der Waals surface area contributed by atoms with Crippen molar-refractivity contribution in [1.82, 2.24) is 15.3 Å². The quantitative estimate of drug-likeness (QED) is 0.853. The number of hydrogen-bond acceptors (Lipinski definition) is 5. The molecule has 0 spiro atoms. The Morgan fingerprint density at radius 2 is 2.21 bits per heavy atom. The van der Waals surface area contributed by atoms with Crippen molar-refractivity contribution in [2.24, 2.45) is 0 Å². The van der Waals surface area contributed by atoms with E-state index in [1.54, 1.807) is 6.20 Å². The van der Waals surface area contributed by atoms with Gasteiger partial charge in [0.2, 0.25) is 0 Å². The van der Waals surface area contributed by atoms with Crippen molar-refractivity contribution >= 4 is 34.5 Å². The number of halogens is 1. The fourth-order valence-electron chi connectivity index (χ4n) is 1.57. The van der Waals surface area contributed by atoms with E-state index < -0.39 is 5.54 Å². The molecule has 19 heavy (non-hydrogen) atoms. The molecule has 0 aliphatic heterocycles. The van der Waals surface area contributed by atoms with E-state index >= 15 is 0 Å². The molecular weight excluding hydrogens is 284 g/mol. The van der Waals surface area contributed by atoms with Crippen LogP contribution in [0.25, 0.3) is 0 Å². The topological polar surface area (TPSA) is 80.9 Å². The van der Waals surface area contributed by atoms with Crippen LogP contribution in [0.2, 0.25) is 5.15 Å². The summed E-state index contributed by atoms with van der Waals surface area (Å²) in [5, 5.41) is 5.79. The van der Waals surface area contributed by atoms with Crippen molar-refractivity contribution in [2.45, 2.75) is 19.4 Å². The highest BCUT2D eigenvalue weighted by Crippen LogP contribution is 2.23. The summed E-state index contributed by atoms with van der Waals surface area (Å²) in [4.78, 5) is 20.3. The molecule has 0 aliphatic rings. The third-order valence-electron chi connectivity index (χ3n) is 2.54. The van der Waals surface area contributed by atoms with Crippen molar-refractivity contribution in [2.75, 3.05) is 5.73 Å². The van der Waals surface area contributed by atoms with Gasteiger partial charge in [-0.15, -0.1) is 11.3 Å². The number of carbonyl (C=O) groups excluding carboxylic acids is 1. The van der Waals surface area contributed by atoms with Crippen molar-refractivity contribution in [1.29, 1.82) is 0 Å². The van der Waals surface area contributed by atoms with E-state index in [0.717, 1.165) is 5.01 Å². The molecular formula is C12H13ClN4OS. The standard InChI is InChI=1S/C12H13ClN4OS/c1-12(2,11-15-3-4-19-11)17-10(18)7-5-9(13)16-6-8(7)14/h3-6H,14H2,1-2H3,(H,17,18). The highest BCUT2D eigenvalue weighted by Gasteiger charge is 2.26. The fourth-order valence-corrected chi connectivity index (χ4v) is 2.45. The van der Waals surface area contributed by atoms with E-state index in [-0.39, 0.29) is 16.7 Å². The minimum absolute atomic E-state index is 0.228. The maximum absolute atomic E-state index is 12.2. The van der Waals surface area contributed by atoms with E-state index in [4.69, 9.17) is 17.3 Å². The van der Waals surface area contributed by atoms with Crippen molar-refractivity contribution in [3.8, 4) is 0 Å². The van der Waals surface area contributed by atoms with Crippen molar-refractivity contribution < 1.29 is 4.79 Å². The number of nitrogens with two attached hydrogens (primary N) is 1. The molecule has 0 bridgehead atoms. The zero-order valence-electron chi connectivity index (χ0n) is 10.5. The summed E-state index contributed by atoms with van der Waals surface area (Å²) in [5.41, 5.74) is 5.76. The van der Waals surface area contributed by atoms with Gasteiger partial charge in [-0.3, -0.25) is 4.79 Å². The number of anilines is 1. The van der Waals surface area contributed by atoms with Gasteiger partial charge in [0.25, 0.3) is 5.91 Å². The number of thiazole rings is 1. The smallest absolute Gasteiger partial charge is 0.254 e. The lowest BCUT2D eigenvalue weighted by Crippen LogP contribution is -2.41. The second-order valence-corrected chi connectivity index (χ2v) is 5.79. The molecule has 0 atom stereocenters. The average Bonchev–Trinajstić information content (AvgIpc) is 2.86. The second-order valence-electron chi connectivity index (χ2n) is 4.51. The molecule has 0 fully saturated rings. The first-order valence-corrected chi connectivity index (χ1v) is 6.79. The van der Waals surface area contributed by atoms with Crippen LogP contribution in [-0.4, -0.2) is 15.9 Å². The number of nitrogens with one attached hydrogen (secondary N) is 1. The molecule has 1 amide bonds. The van der Waals surface area contributed by atoms with Gasteiger partial charge >= 0.3 is 0 Å². The molecule has 0 radical (unpaired) electrons. The maximum atomic E-state index is 12.2. The summed E-state index contributed by atoms with van der Waals surface area (Å²) >= 11 is 7.25. The molecule has 5 nitrogen and oxygen atoms in total. The second kappa shape index (κ2) is 5.14. The Bertz CT molecular complexity index is 598. The number of aromatic nitrogens is 2. The lowest BCUT2D eigenvalue weighted by atomic mass is 10.1. The van der Waals surface area contributed by atoms with Gasteiger partial charge in [0.1, 0.15) is 10.2 Å². The summed E-state index contributed by atoms with van der Waals surface area (Å²) < 4.78 is 0. The van der Waals surface area contributed by atoms with Crippen LogP contribution in [0.4, 0.5) is 5.69 Å². The van der Waals surface area contributed by atoms with Crippen LogP contribution in [0.15, 0.2) is 23.8 Å². The van der Waals surface area contributed by atoms with Crippen LogP contribution < -0.4 is 11.1 Å². The normalized spacial score (nSPS) is 11.3. The van der Waals surface area contributed by atoms with E-state index in [9.17, 15) is 4.79 Å². The minimum Gasteiger partial charge on any atom is -0.397 e. The molecule has 7 heteroatoms. The number of rotatable bonds is 3. The molecule has 0 saturated carbocycles. The predicted molar refractivity (Wildman–Crippen MR) is 76.3 cm³/mol. The Balaban J connectivity index is 2.24. The molecule has 2 aromatic heterocycles. The van der Waals surface area contributed by atoms with Crippen molar-refractivity contribution in [3.63, 3.8) is 0 Å². The lowest BCUT2D eigenvalue weighted by Gasteiger charge is -2.24. The Labute approximate surface area is 119 Å². The Hall–Kier alpha value is -1.66. The van der Waals surface area contributed by atoms with Crippen LogP contribution in [0.5, 0.6) is 0 Å². The van der Waals surface area contributed by atoms with Gasteiger partial charge in [-0.1, -0.05) is 11.6 Å². The van der Waals surface area contributed by atoms with Gasteiger partial charge in [0, 0.05) is 11.6 Å². The Morgan fingerprint density at radius 1 is 1.47 bits per heavy atom. The van der Waals surface area contributed by atoms with Crippen LogP contribution >= 0.6 is 22.9 Å². The maximum Gasteiger partial charge on any atom is 0.254 e. The molecule has 0 aliphatic carbocycles. The van der Waals surface area contributed by atoms with E-state index in [1.165, 1.54) is 23.6 Å². The molecule has 2 rings (SSSR count).